The van der Waals surface area contributed by atoms with Crippen LogP contribution in [-0.4, -0.2) is 15.8 Å². The molecule has 0 spiro atoms. The lowest BCUT2D eigenvalue weighted by Crippen LogP contribution is -2.29. The Labute approximate surface area is 85.3 Å². The summed E-state index contributed by atoms with van der Waals surface area (Å²) in [4.78, 5) is 0. The van der Waals surface area contributed by atoms with Crippen LogP contribution in [0.5, 0.6) is 0 Å². The van der Waals surface area contributed by atoms with Crippen LogP contribution in [0.3, 0.4) is 0 Å². The average Bonchev–Trinajstić information content (AvgIpc) is 2.78. The maximum absolute atomic E-state index is 5.99. The Bertz CT molecular complexity index is 310. The largest absolute Gasteiger partial charge is 0.327 e. The van der Waals surface area contributed by atoms with Gasteiger partial charge in [0.25, 0.3) is 0 Å². The summed E-state index contributed by atoms with van der Waals surface area (Å²) in [5.41, 5.74) is 7.72. The SMILES string of the molecule is CCn1cc(CC2(C(C)N)CC2)cn1. The van der Waals surface area contributed by atoms with Crippen molar-refractivity contribution in [1.82, 2.24) is 9.78 Å². The second-order valence-corrected chi connectivity index (χ2v) is 4.53. The maximum Gasteiger partial charge on any atom is 0.0521 e. The molecule has 1 saturated carbocycles. The second kappa shape index (κ2) is 3.39. The number of aromatic nitrogens is 2. The summed E-state index contributed by atoms with van der Waals surface area (Å²) in [6.07, 6.45) is 7.78. The summed E-state index contributed by atoms with van der Waals surface area (Å²) in [6.45, 7) is 5.18. The van der Waals surface area contributed by atoms with Crippen LogP contribution in [0, 0.1) is 5.41 Å². The van der Waals surface area contributed by atoms with E-state index in [2.05, 4.69) is 25.1 Å². The Kier molecular flexibility index (Phi) is 2.35. The lowest BCUT2D eigenvalue weighted by atomic mass is 9.92. The van der Waals surface area contributed by atoms with E-state index in [4.69, 9.17) is 5.73 Å². The first-order valence-corrected chi connectivity index (χ1v) is 5.43. The molecule has 1 aromatic rings. The number of hydrogen-bond donors (Lipinski definition) is 1. The molecule has 1 heterocycles. The normalized spacial score (nSPS) is 20.8. The molecule has 1 atom stereocenters. The highest BCUT2D eigenvalue weighted by atomic mass is 15.3. The van der Waals surface area contributed by atoms with Gasteiger partial charge in [0, 0.05) is 18.8 Å². The fourth-order valence-corrected chi connectivity index (χ4v) is 2.03. The average molecular weight is 193 g/mol. The molecule has 0 radical (unpaired) electrons. The van der Waals surface area contributed by atoms with Crippen LogP contribution in [0.4, 0.5) is 0 Å². The standard InChI is InChI=1S/C11H19N3/c1-3-14-8-10(7-13-14)6-11(4-5-11)9(2)12/h7-9H,3-6,12H2,1-2H3. The highest BCUT2D eigenvalue weighted by Crippen LogP contribution is 2.50. The molecule has 1 fully saturated rings. The first-order chi connectivity index (χ1) is 6.66. The van der Waals surface area contributed by atoms with Crippen molar-refractivity contribution < 1.29 is 0 Å². The van der Waals surface area contributed by atoms with Crippen LogP contribution in [0.1, 0.15) is 32.3 Å². The monoisotopic (exact) mass is 193 g/mol. The van der Waals surface area contributed by atoms with Crippen LogP contribution >= 0.6 is 0 Å². The molecule has 1 aliphatic carbocycles. The number of aryl methyl sites for hydroxylation is 1. The van der Waals surface area contributed by atoms with Crippen molar-refractivity contribution in [3.05, 3.63) is 18.0 Å². The van der Waals surface area contributed by atoms with E-state index >= 15 is 0 Å². The lowest BCUT2D eigenvalue weighted by Gasteiger charge is -2.18. The Morgan fingerprint density at radius 1 is 1.64 bits per heavy atom. The van der Waals surface area contributed by atoms with Crippen molar-refractivity contribution in [2.24, 2.45) is 11.1 Å². The highest BCUT2D eigenvalue weighted by molar-refractivity contribution is 5.13. The lowest BCUT2D eigenvalue weighted by molar-refractivity contribution is 0.418. The molecule has 3 heteroatoms. The van der Waals surface area contributed by atoms with Gasteiger partial charge in [-0.3, -0.25) is 4.68 Å². The molecule has 2 N–H and O–H groups in total. The third-order valence-corrected chi connectivity index (χ3v) is 3.43. The van der Waals surface area contributed by atoms with Gasteiger partial charge in [-0.1, -0.05) is 0 Å². The molecule has 0 aromatic carbocycles. The molecule has 78 valence electrons. The van der Waals surface area contributed by atoms with Crippen LogP contribution in [0.2, 0.25) is 0 Å². The van der Waals surface area contributed by atoms with Gasteiger partial charge in [0.2, 0.25) is 0 Å². The predicted octanol–water partition coefficient (Wildman–Crippen LogP) is 1.57. The Hall–Kier alpha value is -0.830. The minimum Gasteiger partial charge on any atom is -0.327 e. The molecule has 14 heavy (non-hydrogen) atoms. The number of rotatable bonds is 4. The van der Waals surface area contributed by atoms with Crippen LogP contribution < -0.4 is 5.73 Å². The van der Waals surface area contributed by atoms with Crippen molar-refractivity contribution >= 4 is 0 Å². The Morgan fingerprint density at radius 3 is 2.79 bits per heavy atom. The molecule has 1 aromatic heterocycles. The summed E-state index contributed by atoms with van der Waals surface area (Å²) >= 11 is 0. The van der Waals surface area contributed by atoms with Crippen LogP contribution in [0.15, 0.2) is 12.4 Å². The molecular formula is C11H19N3. The maximum atomic E-state index is 5.99. The van der Waals surface area contributed by atoms with Gasteiger partial charge in [0.1, 0.15) is 0 Å². The van der Waals surface area contributed by atoms with Crippen molar-refractivity contribution in [1.29, 1.82) is 0 Å². The van der Waals surface area contributed by atoms with Crippen molar-refractivity contribution in [3.8, 4) is 0 Å². The highest BCUT2D eigenvalue weighted by Gasteiger charge is 2.45. The van der Waals surface area contributed by atoms with Gasteiger partial charge < -0.3 is 5.73 Å². The predicted molar refractivity (Wildman–Crippen MR) is 56.9 cm³/mol. The molecule has 0 amide bonds. The van der Waals surface area contributed by atoms with Gasteiger partial charge in [-0.25, -0.2) is 0 Å². The third-order valence-electron chi connectivity index (χ3n) is 3.43. The zero-order chi connectivity index (χ0) is 10.2. The summed E-state index contributed by atoms with van der Waals surface area (Å²) in [5, 5.41) is 4.28. The van der Waals surface area contributed by atoms with E-state index < -0.39 is 0 Å². The van der Waals surface area contributed by atoms with Gasteiger partial charge in [-0.05, 0) is 44.1 Å². The van der Waals surface area contributed by atoms with Gasteiger partial charge in [-0.2, -0.15) is 5.10 Å². The van der Waals surface area contributed by atoms with Gasteiger partial charge >= 0.3 is 0 Å². The Balaban J connectivity index is 2.04. The van der Waals surface area contributed by atoms with Crippen molar-refractivity contribution in [3.63, 3.8) is 0 Å². The van der Waals surface area contributed by atoms with E-state index in [1.54, 1.807) is 0 Å². The molecule has 0 aliphatic heterocycles. The zero-order valence-corrected chi connectivity index (χ0v) is 9.03. The van der Waals surface area contributed by atoms with Gasteiger partial charge in [0.05, 0.1) is 6.20 Å². The van der Waals surface area contributed by atoms with Gasteiger partial charge in [-0.15, -0.1) is 0 Å². The fraction of sp³-hybridized carbons (Fsp3) is 0.727. The van der Waals surface area contributed by atoms with E-state index in [0.29, 0.717) is 11.5 Å². The third kappa shape index (κ3) is 1.69. The number of nitrogens with zero attached hydrogens (tertiary/aromatic N) is 2. The second-order valence-electron chi connectivity index (χ2n) is 4.53. The Morgan fingerprint density at radius 2 is 2.36 bits per heavy atom. The minimum atomic E-state index is 0.312. The molecule has 3 nitrogen and oxygen atoms in total. The molecule has 1 unspecified atom stereocenters. The minimum absolute atomic E-state index is 0.312. The van der Waals surface area contributed by atoms with Crippen molar-refractivity contribution in [2.75, 3.05) is 0 Å². The summed E-state index contributed by atoms with van der Waals surface area (Å²) in [6, 6.07) is 0.312. The first-order valence-electron chi connectivity index (χ1n) is 5.43. The number of hydrogen-bond acceptors (Lipinski definition) is 2. The van der Waals surface area contributed by atoms with E-state index in [9.17, 15) is 0 Å². The smallest absolute Gasteiger partial charge is 0.0521 e. The summed E-state index contributed by atoms with van der Waals surface area (Å²) < 4.78 is 1.98. The summed E-state index contributed by atoms with van der Waals surface area (Å²) in [5.74, 6) is 0. The summed E-state index contributed by atoms with van der Waals surface area (Å²) in [7, 11) is 0. The van der Waals surface area contributed by atoms with E-state index in [0.717, 1.165) is 13.0 Å². The van der Waals surface area contributed by atoms with Crippen LogP contribution in [-0.2, 0) is 13.0 Å². The molecule has 2 rings (SSSR count). The first kappa shape index (κ1) is 9.71. The van der Waals surface area contributed by atoms with E-state index in [-0.39, 0.29) is 0 Å². The zero-order valence-electron chi connectivity index (χ0n) is 9.03. The molecule has 0 bridgehead atoms. The number of nitrogens with two attached hydrogens (primary N) is 1. The van der Waals surface area contributed by atoms with Crippen LogP contribution in [0.25, 0.3) is 0 Å². The quantitative estimate of drug-likeness (QED) is 0.789. The molecule has 1 aliphatic rings. The fourth-order valence-electron chi connectivity index (χ4n) is 2.03. The van der Waals surface area contributed by atoms with E-state index in [1.807, 2.05) is 10.9 Å². The topological polar surface area (TPSA) is 43.8 Å². The molecular weight excluding hydrogens is 174 g/mol. The van der Waals surface area contributed by atoms with E-state index in [1.165, 1.54) is 18.4 Å². The molecule has 0 saturated heterocycles. The van der Waals surface area contributed by atoms with Gasteiger partial charge in [0.15, 0.2) is 0 Å². The van der Waals surface area contributed by atoms with Crippen molar-refractivity contribution in [2.45, 2.75) is 45.7 Å².